The SMILES string of the molecule is Cc1cc(Br)ccc1NC(=O)CN(C)c1ncccn1. The summed E-state index contributed by atoms with van der Waals surface area (Å²) in [6.45, 7) is 2.14. The lowest BCUT2D eigenvalue weighted by atomic mass is 10.2. The van der Waals surface area contributed by atoms with Crippen molar-refractivity contribution >= 4 is 33.5 Å². The van der Waals surface area contributed by atoms with Gasteiger partial charge in [-0.25, -0.2) is 9.97 Å². The zero-order valence-electron chi connectivity index (χ0n) is 11.3. The van der Waals surface area contributed by atoms with Gasteiger partial charge >= 0.3 is 0 Å². The maximum Gasteiger partial charge on any atom is 0.244 e. The highest BCUT2D eigenvalue weighted by molar-refractivity contribution is 9.10. The third-order valence-electron chi connectivity index (χ3n) is 2.74. The topological polar surface area (TPSA) is 58.1 Å². The molecule has 20 heavy (non-hydrogen) atoms. The first-order valence-corrected chi connectivity index (χ1v) is 6.90. The van der Waals surface area contributed by atoms with Gasteiger partial charge in [-0.15, -0.1) is 0 Å². The number of hydrogen-bond donors (Lipinski definition) is 1. The molecule has 0 aliphatic carbocycles. The van der Waals surface area contributed by atoms with Gasteiger partial charge in [-0.1, -0.05) is 15.9 Å². The van der Waals surface area contributed by atoms with Crippen LogP contribution in [0, 0.1) is 6.92 Å². The molecule has 2 aromatic rings. The Bertz CT molecular complexity index is 603. The van der Waals surface area contributed by atoms with E-state index in [0.29, 0.717) is 5.95 Å². The summed E-state index contributed by atoms with van der Waals surface area (Å²) in [5, 5.41) is 2.88. The van der Waals surface area contributed by atoms with Crippen molar-refractivity contribution in [1.82, 2.24) is 9.97 Å². The summed E-state index contributed by atoms with van der Waals surface area (Å²) < 4.78 is 0.989. The fourth-order valence-electron chi connectivity index (χ4n) is 1.73. The number of hydrogen-bond acceptors (Lipinski definition) is 4. The molecule has 0 saturated carbocycles. The lowest BCUT2D eigenvalue weighted by Gasteiger charge is -2.16. The highest BCUT2D eigenvalue weighted by Crippen LogP contribution is 2.20. The van der Waals surface area contributed by atoms with Crippen LogP contribution in [-0.2, 0) is 4.79 Å². The second-order valence-electron chi connectivity index (χ2n) is 4.41. The Kier molecular flexibility index (Phi) is 4.68. The molecule has 0 radical (unpaired) electrons. The highest BCUT2D eigenvalue weighted by atomic mass is 79.9. The molecule has 1 aromatic carbocycles. The monoisotopic (exact) mass is 334 g/mol. The summed E-state index contributed by atoms with van der Waals surface area (Å²) in [6.07, 6.45) is 3.30. The van der Waals surface area contributed by atoms with Crippen molar-refractivity contribution in [3.8, 4) is 0 Å². The molecule has 0 spiro atoms. The average Bonchev–Trinajstić information content (AvgIpc) is 2.43. The fraction of sp³-hybridized carbons (Fsp3) is 0.214. The van der Waals surface area contributed by atoms with Gasteiger partial charge in [0.15, 0.2) is 0 Å². The molecule has 0 aliphatic rings. The van der Waals surface area contributed by atoms with Gasteiger partial charge in [0.2, 0.25) is 11.9 Å². The third kappa shape index (κ3) is 3.77. The Labute approximate surface area is 126 Å². The first kappa shape index (κ1) is 14.5. The van der Waals surface area contributed by atoms with Gasteiger partial charge in [-0.05, 0) is 36.8 Å². The van der Waals surface area contributed by atoms with Crippen LogP contribution in [0.25, 0.3) is 0 Å². The number of likely N-dealkylation sites (N-methyl/N-ethyl adjacent to an activating group) is 1. The second kappa shape index (κ2) is 6.47. The molecule has 0 bridgehead atoms. The van der Waals surface area contributed by atoms with E-state index in [4.69, 9.17) is 0 Å². The van der Waals surface area contributed by atoms with Crippen LogP contribution in [-0.4, -0.2) is 29.5 Å². The average molecular weight is 335 g/mol. The molecule has 6 heteroatoms. The zero-order valence-corrected chi connectivity index (χ0v) is 12.9. The number of rotatable bonds is 4. The van der Waals surface area contributed by atoms with E-state index in [0.717, 1.165) is 15.7 Å². The molecule has 0 aliphatic heterocycles. The van der Waals surface area contributed by atoms with Crippen molar-refractivity contribution in [3.05, 3.63) is 46.7 Å². The minimum atomic E-state index is -0.106. The predicted octanol–water partition coefficient (Wildman–Crippen LogP) is 2.62. The fourth-order valence-corrected chi connectivity index (χ4v) is 2.21. The Morgan fingerprint density at radius 3 is 2.70 bits per heavy atom. The van der Waals surface area contributed by atoms with E-state index in [1.165, 1.54) is 0 Å². The Morgan fingerprint density at radius 1 is 1.35 bits per heavy atom. The van der Waals surface area contributed by atoms with E-state index in [1.54, 1.807) is 30.4 Å². The molecule has 2 rings (SSSR count). The molecule has 0 unspecified atom stereocenters. The van der Waals surface area contributed by atoms with Crippen LogP contribution in [0.3, 0.4) is 0 Å². The maximum atomic E-state index is 12.0. The number of anilines is 2. The maximum absolute atomic E-state index is 12.0. The zero-order chi connectivity index (χ0) is 14.5. The summed E-state index contributed by atoms with van der Waals surface area (Å²) in [4.78, 5) is 21.9. The number of aryl methyl sites for hydroxylation is 1. The van der Waals surface area contributed by atoms with E-state index >= 15 is 0 Å². The number of aromatic nitrogens is 2. The Hall–Kier alpha value is -1.95. The molecular formula is C14H15BrN4O. The number of amides is 1. The Morgan fingerprint density at radius 2 is 2.05 bits per heavy atom. The first-order valence-electron chi connectivity index (χ1n) is 6.10. The molecule has 1 heterocycles. The van der Waals surface area contributed by atoms with Gasteiger partial charge in [0.25, 0.3) is 0 Å². The van der Waals surface area contributed by atoms with E-state index in [9.17, 15) is 4.79 Å². The molecule has 1 N–H and O–H groups in total. The number of carbonyl (C=O) groups excluding carboxylic acids is 1. The molecule has 1 amide bonds. The molecule has 1 aromatic heterocycles. The standard InChI is InChI=1S/C14H15BrN4O/c1-10-8-11(15)4-5-12(10)18-13(20)9-19(2)14-16-6-3-7-17-14/h3-8H,9H2,1-2H3,(H,18,20). The van der Waals surface area contributed by atoms with E-state index in [-0.39, 0.29) is 12.5 Å². The molecule has 0 fully saturated rings. The quantitative estimate of drug-likeness (QED) is 0.933. The molecule has 5 nitrogen and oxygen atoms in total. The number of carbonyl (C=O) groups is 1. The van der Waals surface area contributed by atoms with E-state index in [1.807, 2.05) is 25.1 Å². The first-order chi connectivity index (χ1) is 9.56. The van der Waals surface area contributed by atoms with Gasteiger partial charge in [-0.3, -0.25) is 4.79 Å². The van der Waals surface area contributed by atoms with Crippen molar-refractivity contribution in [2.75, 3.05) is 23.8 Å². The summed E-state index contributed by atoms with van der Waals surface area (Å²) >= 11 is 3.40. The van der Waals surface area contributed by atoms with Crippen molar-refractivity contribution in [2.24, 2.45) is 0 Å². The summed E-state index contributed by atoms with van der Waals surface area (Å²) in [5.41, 5.74) is 1.81. The van der Waals surface area contributed by atoms with Crippen LogP contribution in [0.5, 0.6) is 0 Å². The largest absolute Gasteiger partial charge is 0.335 e. The van der Waals surface area contributed by atoms with E-state index in [2.05, 4.69) is 31.2 Å². The second-order valence-corrected chi connectivity index (χ2v) is 5.33. The molecular weight excluding hydrogens is 320 g/mol. The van der Waals surface area contributed by atoms with Crippen LogP contribution in [0.1, 0.15) is 5.56 Å². The molecule has 104 valence electrons. The molecule has 0 saturated heterocycles. The minimum absolute atomic E-state index is 0.106. The van der Waals surface area contributed by atoms with Crippen LogP contribution < -0.4 is 10.2 Å². The van der Waals surface area contributed by atoms with E-state index < -0.39 is 0 Å². The van der Waals surface area contributed by atoms with Gasteiger partial charge in [0.1, 0.15) is 0 Å². The summed E-state index contributed by atoms with van der Waals surface area (Å²) in [5.74, 6) is 0.417. The number of nitrogens with one attached hydrogen (secondary N) is 1. The van der Waals surface area contributed by atoms with Crippen LogP contribution in [0.15, 0.2) is 41.1 Å². The van der Waals surface area contributed by atoms with Crippen molar-refractivity contribution in [3.63, 3.8) is 0 Å². The number of halogens is 1. The van der Waals surface area contributed by atoms with Gasteiger partial charge in [0, 0.05) is 29.6 Å². The van der Waals surface area contributed by atoms with Crippen LogP contribution in [0.2, 0.25) is 0 Å². The number of nitrogens with zero attached hydrogens (tertiary/aromatic N) is 3. The summed E-state index contributed by atoms with van der Waals surface area (Å²) in [7, 11) is 1.78. The molecule has 0 atom stereocenters. The van der Waals surface area contributed by atoms with Gasteiger partial charge < -0.3 is 10.2 Å². The predicted molar refractivity (Wildman–Crippen MR) is 82.8 cm³/mol. The lowest BCUT2D eigenvalue weighted by molar-refractivity contribution is -0.114. The van der Waals surface area contributed by atoms with Crippen LogP contribution in [0.4, 0.5) is 11.6 Å². The van der Waals surface area contributed by atoms with Gasteiger partial charge in [-0.2, -0.15) is 0 Å². The van der Waals surface area contributed by atoms with Crippen molar-refractivity contribution in [1.29, 1.82) is 0 Å². The normalized spacial score (nSPS) is 10.2. The third-order valence-corrected chi connectivity index (χ3v) is 3.23. The summed E-state index contributed by atoms with van der Waals surface area (Å²) in [6, 6.07) is 7.46. The smallest absolute Gasteiger partial charge is 0.244 e. The van der Waals surface area contributed by atoms with Crippen molar-refractivity contribution in [2.45, 2.75) is 6.92 Å². The minimum Gasteiger partial charge on any atom is -0.335 e. The lowest BCUT2D eigenvalue weighted by Crippen LogP contribution is -2.31. The van der Waals surface area contributed by atoms with Gasteiger partial charge in [0.05, 0.1) is 6.54 Å². The van der Waals surface area contributed by atoms with Crippen molar-refractivity contribution < 1.29 is 4.79 Å². The van der Waals surface area contributed by atoms with Crippen LogP contribution >= 0.6 is 15.9 Å². The Balaban J connectivity index is 1.99. The highest BCUT2D eigenvalue weighted by Gasteiger charge is 2.10. The number of benzene rings is 1.